The standard InChI is InChI=1S/C14H26N2O3/c1-10(2)12(17)16-9-7-6-8-11(15)13(18)19-14(3,4)5/h11H,1,6-9,15H2,2-5H3,(H,16,17)/t11-/m0/s1. The van der Waals surface area contributed by atoms with E-state index < -0.39 is 11.6 Å². The first-order valence-corrected chi connectivity index (χ1v) is 6.55. The predicted octanol–water partition coefficient (Wildman–Crippen LogP) is 1.52. The van der Waals surface area contributed by atoms with E-state index in [0.717, 1.165) is 12.8 Å². The van der Waals surface area contributed by atoms with E-state index in [4.69, 9.17) is 10.5 Å². The Kier molecular flexibility index (Phi) is 7.37. The average molecular weight is 270 g/mol. The quantitative estimate of drug-likeness (QED) is 0.417. The van der Waals surface area contributed by atoms with Crippen LogP contribution in [0.5, 0.6) is 0 Å². The fraction of sp³-hybridized carbons (Fsp3) is 0.714. The van der Waals surface area contributed by atoms with Crippen LogP contribution in [0.1, 0.15) is 47.0 Å². The lowest BCUT2D eigenvalue weighted by molar-refractivity contribution is -0.156. The van der Waals surface area contributed by atoms with Crippen molar-refractivity contribution in [3.8, 4) is 0 Å². The average Bonchev–Trinajstić information content (AvgIpc) is 2.25. The van der Waals surface area contributed by atoms with Gasteiger partial charge in [0, 0.05) is 12.1 Å². The molecule has 1 amide bonds. The maximum Gasteiger partial charge on any atom is 0.323 e. The molecule has 0 spiro atoms. The number of rotatable bonds is 7. The number of amides is 1. The van der Waals surface area contributed by atoms with Crippen molar-refractivity contribution in [2.75, 3.05) is 6.54 Å². The molecule has 1 atom stereocenters. The van der Waals surface area contributed by atoms with Crippen LogP contribution in [0.3, 0.4) is 0 Å². The van der Waals surface area contributed by atoms with Gasteiger partial charge < -0.3 is 15.8 Å². The Morgan fingerprint density at radius 3 is 2.37 bits per heavy atom. The van der Waals surface area contributed by atoms with Crippen LogP contribution in [0, 0.1) is 0 Å². The van der Waals surface area contributed by atoms with Crippen LogP contribution in [0.25, 0.3) is 0 Å². The molecule has 3 N–H and O–H groups in total. The molecular formula is C14H26N2O3. The maximum absolute atomic E-state index is 11.6. The van der Waals surface area contributed by atoms with Gasteiger partial charge in [-0.3, -0.25) is 9.59 Å². The van der Waals surface area contributed by atoms with Crippen molar-refractivity contribution < 1.29 is 14.3 Å². The van der Waals surface area contributed by atoms with Gasteiger partial charge in [-0.15, -0.1) is 0 Å². The third kappa shape index (κ3) is 9.25. The van der Waals surface area contributed by atoms with Gasteiger partial charge in [-0.1, -0.05) is 6.58 Å². The molecular weight excluding hydrogens is 244 g/mol. The number of esters is 1. The van der Waals surface area contributed by atoms with Crippen molar-refractivity contribution in [1.29, 1.82) is 0 Å². The summed E-state index contributed by atoms with van der Waals surface area (Å²) in [5.41, 5.74) is 5.72. The number of nitrogens with two attached hydrogens (primary N) is 1. The Hall–Kier alpha value is -1.36. The second-order valence-electron chi connectivity index (χ2n) is 5.67. The van der Waals surface area contributed by atoms with Crippen LogP contribution in [-0.2, 0) is 14.3 Å². The summed E-state index contributed by atoms with van der Waals surface area (Å²) >= 11 is 0. The lowest BCUT2D eigenvalue weighted by atomic mass is 10.1. The van der Waals surface area contributed by atoms with Crippen molar-refractivity contribution in [2.45, 2.75) is 58.6 Å². The summed E-state index contributed by atoms with van der Waals surface area (Å²) in [6, 6.07) is -0.601. The third-order valence-electron chi connectivity index (χ3n) is 2.32. The number of hydrogen-bond donors (Lipinski definition) is 2. The highest BCUT2D eigenvalue weighted by molar-refractivity contribution is 5.91. The summed E-state index contributed by atoms with van der Waals surface area (Å²) in [6.07, 6.45) is 2.09. The van der Waals surface area contributed by atoms with Crippen molar-refractivity contribution in [3.63, 3.8) is 0 Å². The Labute approximate surface area is 115 Å². The van der Waals surface area contributed by atoms with Crippen LogP contribution in [-0.4, -0.2) is 30.1 Å². The van der Waals surface area contributed by atoms with E-state index in [9.17, 15) is 9.59 Å². The fourth-order valence-corrected chi connectivity index (χ4v) is 1.34. The van der Waals surface area contributed by atoms with E-state index in [2.05, 4.69) is 11.9 Å². The van der Waals surface area contributed by atoms with Gasteiger partial charge in [0.25, 0.3) is 0 Å². The molecule has 0 saturated carbocycles. The van der Waals surface area contributed by atoms with E-state index in [1.54, 1.807) is 6.92 Å². The topological polar surface area (TPSA) is 81.4 Å². The van der Waals surface area contributed by atoms with Gasteiger partial charge in [-0.05, 0) is 47.0 Å². The van der Waals surface area contributed by atoms with E-state index in [-0.39, 0.29) is 11.9 Å². The normalized spacial score (nSPS) is 12.7. The first kappa shape index (κ1) is 17.6. The van der Waals surface area contributed by atoms with Gasteiger partial charge in [0.05, 0.1) is 0 Å². The monoisotopic (exact) mass is 270 g/mol. The molecule has 0 aliphatic heterocycles. The van der Waals surface area contributed by atoms with E-state index >= 15 is 0 Å². The van der Waals surface area contributed by atoms with Crippen LogP contribution < -0.4 is 11.1 Å². The predicted molar refractivity (Wildman–Crippen MR) is 75.5 cm³/mol. The number of nitrogens with one attached hydrogen (secondary N) is 1. The highest BCUT2D eigenvalue weighted by Crippen LogP contribution is 2.10. The Morgan fingerprint density at radius 2 is 1.89 bits per heavy atom. The van der Waals surface area contributed by atoms with Gasteiger partial charge in [0.2, 0.25) is 5.91 Å². The molecule has 0 bridgehead atoms. The molecule has 0 aliphatic rings. The van der Waals surface area contributed by atoms with E-state index in [1.807, 2.05) is 20.8 Å². The molecule has 0 rings (SSSR count). The van der Waals surface area contributed by atoms with Crippen molar-refractivity contribution in [3.05, 3.63) is 12.2 Å². The van der Waals surface area contributed by atoms with Gasteiger partial charge in [0.15, 0.2) is 0 Å². The maximum atomic E-state index is 11.6. The minimum Gasteiger partial charge on any atom is -0.459 e. The molecule has 0 heterocycles. The molecule has 0 fully saturated rings. The minimum absolute atomic E-state index is 0.142. The van der Waals surface area contributed by atoms with Crippen molar-refractivity contribution in [1.82, 2.24) is 5.32 Å². The van der Waals surface area contributed by atoms with Gasteiger partial charge in [0.1, 0.15) is 11.6 Å². The summed E-state index contributed by atoms with van der Waals surface area (Å²) in [7, 11) is 0. The molecule has 5 nitrogen and oxygen atoms in total. The Balaban J connectivity index is 3.75. The molecule has 0 saturated heterocycles. The Morgan fingerprint density at radius 1 is 1.32 bits per heavy atom. The Bertz CT molecular complexity index is 332. The summed E-state index contributed by atoms with van der Waals surface area (Å²) in [4.78, 5) is 22.8. The highest BCUT2D eigenvalue weighted by Gasteiger charge is 2.21. The molecule has 110 valence electrons. The summed E-state index contributed by atoms with van der Waals surface area (Å²) in [6.45, 7) is 11.2. The molecule has 0 aliphatic carbocycles. The third-order valence-corrected chi connectivity index (χ3v) is 2.32. The fourth-order valence-electron chi connectivity index (χ4n) is 1.34. The number of carbonyl (C=O) groups excluding carboxylic acids is 2. The van der Waals surface area contributed by atoms with Gasteiger partial charge >= 0.3 is 5.97 Å². The molecule has 0 aromatic heterocycles. The zero-order chi connectivity index (χ0) is 15.1. The second kappa shape index (κ2) is 7.94. The number of ether oxygens (including phenoxy) is 1. The van der Waals surface area contributed by atoms with E-state index in [1.165, 1.54) is 0 Å². The molecule has 0 radical (unpaired) electrons. The van der Waals surface area contributed by atoms with Crippen LogP contribution in [0.2, 0.25) is 0 Å². The molecule has 0 aromatic rings. The van der Waals surface area contributed by atoms with Crippen molar-refractivity contribution in [2.24, 2.45) is 5.73 Å². The summed E-state index contributed by atoms with van der Waals surface area (Å²) in [5.74, 6) is -0.519. The van der Waals surface area contributed by atoms with Crippen LogP contribution >= 0.6 is 0 Å². The molecule has 0 aromatic carbocycles. The molecule has 19 heavy (non-hydrogen) atoms. The smallest absolute Gasteiger partial charge is 0.323 e. The zero-order valence-corrected chi connectivity index (χ0v) is 12.4. The largest absolute Gasteiger partial charge is 0.459 e. The first-order chi connectivity index (χ1) is 8.63. The van der Waals surface area contributed by atoms with Crippen LogP contribution in [0.15, 0.2) is 12.2 Å². The zero-order valence-electron chi connectivity index (χ0n) is 12.4. The molecule has 0 unspecified atom stereocenters. The highest BCUT2D eigenvalue weighted by atomic mass is 16.6. The van der Waals surface area contributed by atoms with E-state index in [0.29, 0.717) is 18.5 Å². The van der Waals surface area contributed by atoms with Gasteiger partial charge in [-0.2, -0.15) is 0 Å². The van der Waals surface area contributed by atoms with Gasteiger partial charge in [-0.25, -0.2) is 0 Å². The second-order valence-corrected chi connectivity index (χ2v) is 5.67. The summed E-state index contributed by atoms with van der Waals surface area (Å²) < 4.78 is 5.18. The number of carbonyl (C=O) groups is 2. The SMILES string of the molecule is C=C(C)C(=O)NCCCC[C@H](N)C(=O)OC(C)(C)C. The lowest BCUT2D eigenvalue weighted by Gasteiger charge is -2.22. The molecule has 5 heteroatoms. The van der Waals surface area contributed by atoms with Crippen molar-refractivity contribution >= 4 is 11.9 Å². The summed E-state index contributed by atoms with van der Waals surface area (Å²) in [5, 5.41) is 2.73. The van der Waals surface area contributed by atoms with Crippen LogP contribution in [0.4, 0.5) is 0 Å². The number of unbranched alkanes of at least 4 members (excludes halogenated alkanes) is 1. The first-order valence-electron chi connectivity index (χ1n) is 6.55. The number of hydrogen-bond acceptors (Lipinski definition) is 4. The minimum atomic E-state index is -0.601. The lowest BCUT2D eigenvalue weighted by Crippen LogP contribution is -2.37.